The lowest BCUT2D eigenvalue weighted by molar-refractivity contribution is -0.289. The molecule has 1 aliphatic rings. The summed E-state index contributed by atoms with van der Waals surface area (Å²) in [6.45, 7) is 6.80. The molecule has 0 amide bonds. The van der Waals surface area contributed by atoms with Crippen molar-refractivity contribution < 1.29 is 52.4 Å². The van der Waals surface area contributed by atoms with Crippen molar-refractivity contribution in [2.24, 2.45) is 0 Å². The van der Waals surface area contributed by atoms with Gasteiger partial charge in [-0.1, -0.05) is 0 Å². The molecule has 13 heteroatoms. The first-order valence-electron chi connectivity index (χ1n) is 10.7. The lowest BCUT2D eigenvalue weighted by atomic mass is 9.98. The van der Waals surface area contributed by atoms with Gasteiger partial charge in [0.05, 0.1) is 0 Å². The van der Waals surface area contributed by atoms with Gasteiger partial charge in [0.25, 0.3) is 0 Å². The Morgan fingerprint density at radius 2 is 1.47 bits per heavy atom. The van der Waals surface area contributed by atoms with Crippen molar-refractivity contribution in [3.8, 4) is 11.9 Å². The highest BCUT2D eigenvalue weighted by Crippen LogP contribution is 2.32. The van der Waals surface area contributed by atoms with Crippen LogP contribution in [0.1, 0.15) is 56.1 Å². The Bertz CT molecular complexity index is 1090. The number of pyridine rings is 1. The molecule has 0 N–H and O–H groups in total. The zero-order valence-electron chi connectivity index (χ0n) is 20.6. The molecule has 1 saturated heterocycles. The van der Waals surface area contributed by atoms with Crippen molar-refractivity contribution >= 4 is 29.7 Å². The maximum absolute atomic E-state index is 11.9. The highest BCUT2D eigenvalue weighted by molar-refractivity contribution is 5.95. The average molecular weight is 506 g/mol. The fourth-order valence-corrected chi connectivity index (χ4v) is 3.55. The standard InChI is InChI=1S/C23H26N2O11/c1-10-16(7-24)22(25-8-17(10)11(2)26)36-23-21(34-15(6)30)20(33-14(5)29)19(32-13(4)28)18(35-23)9-31-12(3)27/h8,18-21,23H,9H2,1-6H3/t18-,19-,20+,21-,23+/m1/s1. The van der Waals surface area contributed by atoms with Gasteiger partial charge in [0.2, 0.25) is 18.3 Å². The third kappa shape index (κ3) is 6.98. The van der Waals surface area contributed by atoms with E-state index >= 15 is 0 Å². The van der Waals surface area contributed by atoms with Gasteiger partial charge in [-0.05, 0) is 19.4 Å². The highest BCUT2D eigenvalue weighted by Gasteiger charge is 2.53. The molecule has 2 heterocycles. The number of hydrogen-bond acceptors (Lipinski definition) is 13. The van der Waals surface area contributed by atoms with Gasteiger partial charge >= 0.3 is 23.9 Å². The summed E-state index contributed by atoms with van der Waals surface area (Å²) >= 11 is 0. The fraction of sp³-hybridized carbons (Fsp3) is 0.522. The maximum atomic E-state index is 11.9. The zero-order chi connectivity index (χ0) is 27.2. The largest absolute Gasteiger partial charge is 0.463 e. The highest BCUT2D eigenvalue weighted by atomic mass is 16.7. The molecule has 1 aromatic rings. The molecule has 0 spiro atoms. The third-order valence-electron chi connectivity index (χ3n) is 4.97. The summed E-state index contributed by atoms with van der Waals surface area (Å²) in [4.78, 5) is 62.9. The van der Waals surface area contributed by atoms with E-state index in [4.69, 9.17) is 28.4 Å². The van der Waals surface area contributed by atoms with Crippen LogP contribution in [0.2, 0.25) is 0 Å². The second kappa shape index (κ2) is 12.1. The molecule has 1 aromatic heterocycles. The van der Waals surface area contributed by atoms with Gasteiger partial charge in [-0.15, -0.1) is 0 Å². The summed E-state index contributed by atoms with van der Waals surface area (Å²) in [5.41, 5.74) is 0.400. The van der Waals surface area contributed by atoms with E-state index in [0.29, 0.717) is 5.56 Å². The van der Waals surface area contributed by atoms with Crippen LogP contribution < -0.4 is 4.74 Å². The van der Waals surface area contributed by atoms with Crippen molar-refractivity contribution in [2.75, 3.05) is 6.61 Å². The van der Waals surface area contributed by atoms with Gasteiger partial charge in [0.15, 0.2) is 18.0 Å². The number of carbonyl (C=O) groups excluding carboxylic acids is 5. The predicted octanol–water partition coefficient (Wildman–Crippen LogP) is 0.926. The fourth-order valence-electron chi connectivity index (χ4n) is 3.55. The predicted molar refractivity (Wildman–Crippen MR) is 116 cm³/mol. The Morgan fingerprint density at radius 3 is 1.97 bits per heavy atom. The van der Waals surface area contributed by atoms with Crippen LogP contribution in [-0.4, -0.2) is 72.0 Å². The van der Waals surface area contributed by atoms with Gasteiger partial charge in [0.1, 0.15) is 24.3 Å². The molecule has 0 radical (unpaired) electrons. The van der Waals surface area contributed by atoms with Gasteiger partial charge < -0.3 is 28.4 Å². The molecule has 1 aliphatic heterocycles. The average Bonchev–Trinajstić information content (AvgIpc) is 2.75. The van der Waals surface area contributed by atoms with Crippen LogP contribution in [-0.2, 0) is 42.9 Å². The summed E-state index contributed by atoms with van der Waals surface area (Å²) < 4.78 is 32.6. The number of ketones is 1. The monoisotopic (exact) mass is 506 g/mol. The van der Waals surface area contributed by atoms with Crippen molar-refractivity contribution in [1.29, 1.82) is 5.26 Å². The summed E-state index contributed by atoms with van der Waals surface area (Å²) in [6, 6.07) is 1.91. The first-order valence-corrected chi connectivity index (χ1v) is 10.7. The molecule has 13 nitrogen and oxygen atoms in total. The van der Waals surface area contributed by atoms with Crippen molar-refractivity contribution in [3.05, 3.63) is 22.9 Å². The molecule has 194 valence electrons. The van der Waals surface area contributed by atoms with Gasteiger partial charge in [0, 0.05) is 39.5 Å². The zero-order valence-corrected chi connectivity index (χ0v) is 20.6. The van der Waals surface area contributed by atoms with Crippen molar-refractivity contribution in [2.45, 2.75) is 72.2 Å². The van der Waals surface area contributed by atoms with Crippen molar-refractivity contribution in [1.82, 2.24) is 4.98 Å². The summed E-state index contributed by atoms with van der Waals surface area (Å²) in [7, 11) is 0. The van der Waals surface area contributed by atoms with Gasteiger partial charge in [-0.25, -0.2) is 4.98 Å². The van der Waals surface area contributed by atoms with Crippen LogP contribution in [0.15, 0.2) is 6.20 Å². The van der Waals surface area contributed by atoms with Crippen LogP contribution in [0.4, 0.5) is 0 Å². The quantitative estimate of drug-likeness (QED) is 0.276. The van der Waals surface area contributed by atoms with E-state index in [9.17, 15) is 29.2 Å². The number of rotatable bonds is 8. The summed E-state index contributed by atoms with van der Waals surface area (Å²) in [6.07, 6.45) is -5.89. The first kappa shape index (κ1) is 28.2. The van der Waals surface area contributed by atoms with Crippen molar-refractivity contribution in [3.63, 3.8) is 0 Å². The number of esters is 4. The molecule has 0 aliphatic carbocycles. The molecule has 5 atom stereocenters. The van der Waals surface area contributed by atoms with Crippen LogP contribution in [0.25, 0.3) is 0 Å². The normalized spacial score (nSPS) is 23.0. The van der Waals surface area contributed by atoms with Crippen LogP contribution in [0.3, 0.4) is 0 Å². The molecule has 0 aromatic carbocycles. The van der Waals surface area contributed by atoms with Crippen LogP contribution in [0.5, 0.6) is 5.88 Å². The number of hydrogen-bond donors (Lipinski definition) is 0. The van der Waals surface area contributed by atoms with E-state index in [0.717, 1.165) is 27.7 Å². The van der Waals surface area contributed by atoms with E-state index in [1.54, 1.807) is 0 Å². The van der Waals surface area contributed by atoms with E-state index < -0.39 is 61.2 Å². The first-order chi connectivity index (χ1) is 16.8. The third-order valence-corrected chi connectivity index (χ3v) is 4.97. The van der Waals surface area contributed by atoms with E-state index in [2.05, 4.69) is 4.98 Å². The lowest BCUT2D eigenvalue weighted by Gasteiger charge is -2.43. The molecule has 0 bridgehead atoms. The smallest absolute Gasteiger partial charge is 0.303 e. The lowest BCUT2D eigenvalue weighted by Crippen LogP contribution is -2.63. The van der Waals surface area contributed by atoms with Gasteiger partial charge in [-0.2, -0.15) is 5.26 Å². The Hall–Kier alpha value is -4.05. The minimum absolute atomic E-state index is 0.0874. The molecule has 36 heavy (non-hydrogen) atoms. The minimum Gasteiger partial charge on any atom is -0.463 e. The van der Waals surface area contributed by atoms with Gasteiger partial charge in [-0.3, -0.25) is 24.0 Å². The number of carbonyl (C=O) groups is 5. The molecular weight excluding hydrogens is 480 g/mol. The molecule has 2 rings (SSSR count). The molecule has 0 saturated carbocycles. The molecular formula is C23H26N2O11. The van der Waals surface area contributed by atoms with Crippen LogP contribution >= 0.6 is 0 Å². The molecule has 0 unspecified atom stereocenters. The van der Waals surface area contributed by atoms with E-state index in [-0.39, 0.29) is 22.8 Å². The second-order valence-electron chi connectivity index (χ2n) is 7.83. The molecule has 1 fully saturated rings. The second-order valence-corrected chi connectivity index (χ2v) is 7.83. The number of ether oxygens (including phenoxy) is 6. The Labute approximate surface area is 206 Å². The van der Waals surface area contributed by atoms with E-state index in [1.165, 1.54) is 20.0 Å². The summed E-state index contributed by atoms with van der Waals surface area (Å²) in [5.74, 6) is -3.66. The number of nitriles is 1. The Morgan fingerprint density at radius 1 is 0.917 bits per heavy atom. The SMILES string of the molecule is CC(=O)OC[C@H]1O[C@@H](Oc2ncc(C(C)=O)c(C)c2C#N)[C@H](OC(C)=O)[C@@H](OC(C)=O)[C@@H]1OC(C)=O. The maximum Gasteiger partial charge on any atom is 0.303 e. The van der Waals surface area contributed by atoms with E-state index in [1.807, 2.05) is 6.07 Å². The topological polar surface area (TPSA) is 177 Å². The minimum atomic E-state index is -1.56. The summed E-state index contributed by atoms with van der Waals surface area (Å²) in [5, 5.41) is 9.66. The number of Topliss-reactive ketones (excluding diaryl/α,β-unsaturated/α-hetero) is 1. The number of aromatic nitrogens is 1. The Kier molecular flexibility index (Phi) is 9.45. The Balaban J connectivity index is 2.58. The van der Waals surface area contributed by atoms with Crippen LogP contribution in [0, 0.1) is 18.3 Å². The number of nitrogens with zero attached hydrogens (tertiary/aromatic N) is 2.